The minimum Gasteiger partial charge on any atom is -0.367 e. The van der Waals surface area contributed by atoms with Crippen molar-refractivity contribution in [2.24, 2.45) is 0 Å². The molecule has 1 amide bonds. The van der Waals surface area contributed by atoms with E-state index in [0.29, 0.717) is 18.1 Å². The van der Waals surface area contributed by atoms with Gasteiger partial charge in [0.25, 0.3) is 5.91 Å². The van der Waals surface area contributed by atoms with Gasteiger partial charge in [-0.1, -0.05) is 30.3 Å². The Labute approximate surface area is 168 Å². The van der Waals surface area contributed by atoms with E-state index in [0.717, 1.165) is 37.2 Å². The number of carbonyl (C=O) groups excluding carboxylic acids is 1. The number of amides is 1. The maximum Gasteiger partial charge on any atom is 0.253 e. The van der Waals surface area contributed by atoms with E-state index in [-0.39, 0.29) is 5.91 Å². The van der Waals surface area contributed by atoms with Crippen LogP contribution in [0.5, 0.6) is 0 Å². The molecule has 2 aliphatic heterocycles. The van der Waals surface area contributed by atoms with Crippen LogP contribution < -0.4 is 10.2 Å². The molecule has 28 heavy (non-hydrogen) atoms. The van der Waals surface area contributed by atoms with E-state index in [2.05, 4.69) is 53.5 Å². The molecule has 2 fully saturated rings. The van der Waals surface area contributed by atoms with Crippen molar-refractivity contribution in [2.45, 2.75) is 57.3 Å². The Bertz CT molecular complexity index is 777. The first-order valence-corrected chi connectivity index (χ1v) is 10.6. The van der Waals surface area contributed by atoms with Gasteiger partial charge < -0.3 is 15.1 Å². The second kappa shape index (κ2) is 8.36. The lowest BCUT2D eigenvalue weighted by atomic mass is 9.98. The second-order valence-electron chi connectivity index (χ2n) is 8.23. The van der Waals surface area contributed by atoms with Gasteiger partial charge in [-0.05, 0) is 62.4 Å². The van der Waals surface area contributed by atoms with Crippen LogP contribution >= 0.6 is 0 Å². The van der Waals surface area contributed by atoms with Crippen LogP contribution in [0.25, 0.3) is 0 Å². The van der Waals surface area contributed by atoms with Crippen LogP contribution in [0.1, 0.15) is 48.5 Å². The number of nitrogens with zero attached hydrogens (tertiary/aromatic N) is 2. The number of hydrogen-bond acceptors (Lipinski definition) is 3. The summed E-state index contributed by atoms with van der Waals surface area (Å²) in [5.74, 6) is 0.143. The predicted octanol–water partition coefficient (Wildman–Crippen LogP) is 4.07. The fourth-order valence-corrected chi connectivity index (χ4v) is 4.72. The SMILES string of the molecule is CCN(Cc1ccccc1)c1ccc(C(=O)N(C)C2CC3CCC(C2)N3)cc1. The van der Waals surface area contributed by atoms with Crippen molar-refractivity contribution < 1.29 is 4.79 Å². The van der Waals surface area contributed by atoms with Crippen LogP contribution in [0, 0.1) is 0 Å². The topological polar surface area (TPSA) is 35.6 Å². The third-order valence-electron chi connectivity index (χ3n) is 6.39. The Morgan fingerprint density at radius 1 is 1.00 bits per heavy atom. The average Bonchev–Trinajstić information content (AvgIpc) is 3.09. The maximum absolute atomic E-state index is 13.0. The molecule has 2 heterocycles. The third kappa shape index (κ3) is 4.07. The first-order valence-electron chi connectivity index (χ1n) is 10.6. The molecule has 2 atom stereocenters. The molecule has 2 saturated heterocycles. The number of piperidine rings is 1. The van der Waals surface area contributed by atoms with Crippen molar-refractivity contribution in [3.05, 3.63) is 65.7 Å². The minimum absolute atomic E-state index is 0.143. The van der Waals surface area contributed by atoms with Crippen molar-refractivity contribution >= 4 is 11.6 Å². The Morgan fingerprint density at radius 3 is 2.25 bits per heavy atom. The summed E-state index contributed by atoms with van der Waals surface area (Å²) in [7, 11) is 1.97. The minimum atomic E-state index is 0.143. The van der Waals surface area contributed by atoms with Crippen LogP contribution in [0.3, 0.4) is 0 Å². The molecule has 148 valence electrons. The molecule has 2 aromatic carbocycles. The highest BCUT2D eigenvalue weighted by Gasteiger charge is 2.36. The standard InChI is InChI=1S/C24H31N3O/c1-3-27(17-18-7-5-4-6-8-18)22-13-9-19(10-14-22)24(28)26(2)23-15-20-11-12-21(16-23)25-20/h4-10,13-14,20-21,23,25H,3,11-12,15-17H2,1-2H3. The summed E-state index contributed by atoms with van der Waals surface area (Å²) in [6.07, 6.45) is 4.67. The number of benzene rings is 2. The number of rotatable bonds is 6. The van der Waals surface area contributed by atoms with Gasteiger partial charge in [-0.25, -0.2) is 0 Å². The number of nitrogens with one attached hydrogen (secondary N) is 1. The Morgan fingerprint density at radius 2 is 1.64 bits per heavy atom. The van der Waals surface area contributed by atoms with Gasteiger partial charge in [0.1, 0.15) is 0 Å². The highest BCUT2D eigenvalue weighted by Crippen LogP contribution is 2.30. The summed E-state index contributed by atoms with van der Waals surface area (Å²) in [5.41, 5.74) is 3.24. The Hall–Kier alpha value is -2.33. The number of carbonyl (C=O) groups is 1. The van der Waals surface area contributed by atoms with Gasteiger partial charge in [0.05, 0.1) is 0 Å². The molecule has 0 aliphatic carbocycles. The van der Waals surface area contributed by atoms with Gasteiger partial charge in [0.15, 0.2) is 0 Å². The zero-order chi connectivity index (χ0) is 19.5. The van der Waals surface area contributed by atoms with E-state index in [1.165, 1.54) is 18.4 Å². The molecule has 4 rings (SSSR count). The van der Waals surface area contributed by atoms with E-state index < -0.39 is 0 Å². The molecule has 2 bridgehead atoms. The molecule has 4 heteroatoms. The molecule has 1 N–H and O–H groups in total. The second-order valence-corrected chi connectivity index (χ2v) is 8.23. The predicted molar refractivity (Wildman–Crippen MR) is 115 cm³/mol. The number of fused-ring (bicyclic) bond motifs is 2. The molecular formula is C24H31N3O. The lowest BCUT2D eigenvalue weighted by molar-refractivity contribution is 0.0681. The van der Waals surface area contributed by atoms with Gasteiger partial charge in [0, 0.05) is 49.5 Å². The molecule has 0 radical (unpaired) electrons. The fourth-order valence-electron chi connectivity index (χ4n) is 4.72. The van der Waals surface area contributed by atoms with E-state index in [4.69, 9.17) is 0 Å². The summed E-state index contributed by atoms with van der Waals surface area (Å²) >= 11 is 0. The maximum atomic E-state index is 13.0. The highest BCUT2D eigenvalue weighted by atomic mass is 16.2. The van der Waals surface area contributed by atoms with Crippen molar-refractivity contribution in [3.63, 3.8) is 0 Å². The monoisotopic (exact) mass is 377 g/mol. The van der Waals surface area contributed by atoms with E-state index >= 15 is 0 Å². The molecule has 2 aliphatic rings. The zero-order valence-electron chi connectivity index (χ0n) is 17.0. The normalized spacial score (nSPS) is 23.4. The van der Waals surface area contributed by atoms with Crippen LogP contribution in [0.15, 0.2) is 54.6 Å². The summed E-state index contributed by atoms with van der Waals surface area (Å²) in [4.78, 5) is 17.3. The molecule has 0 spiro atoms. The Balaban J connectivity index is 1.42. The van der Waals surface area contributed by atoms with Crippen LogP contribution in [0.4, 0.5) is 5.69 Å². The number of anilines is 1. The van der Waals surface area contributed by atoms with Gasteiger partial charge in [-0.15, -0.1) is 0 Å². The van der Waals surface area contributed by atoms with E-state index in [1.807, 2.05) is 30.1 Å². The smallest absolute Gasteiger partial charge is 0.253 e. The summed E-state index contributed by atoms with van der Waals surface area (Å²) in [6, 6.07) is 20.2. The molecule has 0 saturated carbocycles. The van der Waals surface area contributed by atoms with E-state index in [9.17, 15) is 4.79 Å². The molecule has 4 nitrogen and oxygen atoms in total. The van der Waals surface area contributed by atoms with Crippen molar-refractivity contribution in [2.75, 3.05) is 18.5 Å². The zero-order valence-corrected chi connectivity index (χ0v) is 17.0. The fraction of sp³-hybridized carbons (Fsp3) is 0.458. The molecule has 2 aromatic rings. The van der Waals surface area contributed by atoms with Crippen molar-refractivity contribution in [1.82, 2.24) is 10.2 Å². The first-order chi connectivity index (χ1) is 13.6. The summed E-state index contributed by atoms with van der Waals surface area (Å²) < 4.78 is 0. The average molecular weight is 378 g/mol. The molecule has 0 aromatic heterocycles. The van der Waals surface area contributed by atoms with Gasteiger partial charge >= 0.3 is 0 Å². The lowest BCUT2D eigenvalue weighted by Gasteiger charge is -2.35. The largest absolute Gasteiger partial charge is 0.367 e. The highest BCUT2D eigenvalue weighted by molar-refractivity contribution is 5.94. The van der Waals surface area contributed by atoms with Crippen LogP contribution in [-0.4, -0.2) is 42.5 Å². The van der Waals surface area contributed by atoms with Gasteiger partial charge in [-0.3, -0.25) is 4.79 Å². The van der Waals surface area contributed by atoms with Gasteiger partial charge in [-0.2, -0.15) is 0 Å². The summed E-state index contributed by atoms with van der Waals surface area (Å²) in [6.45, 7) is 3.98. The first kappa shape index (κ1) is 19.0. The summed E-state index contributed by atoms with van der Waals surface area (Å²) in [5, 5.41) is 3.66. The third-order valence-corrected chi connectivity index (χ3v) is 6.39. The Kier molecular flexibility index (Phi) is 5.67. The number of hydrogen-bond donors (Lipinski definition) is 1. The van der Waals surface area contributed by atoms with Crippen molar-refractivity contribution in [1.29, 1.82) is 0 Å². The van der Waals surface area contributed by atoms with Crippen LogP contribution in [-0.2, 0) is 6.54 Å². The quantitative estimate of drug-likeness (QED) is 0.824. The van der Waals surface area contributed by atoms with Crippen LogP contribution in [0.2, 0.25) is 0 Å². The van der Waals surface area contributed by atoms with Gasteiger partial charge in [0.2, 0.25) is 0 Å². The lowest BCUT2D eigenvalue weighted by Crippen LogP contribution is -2.48. The molecular weight excluding hydrogens is 346 g/mol. The molecule has 2 unspecified atom stereocenters. The van der Waals surface area contributed by atoms with Crippen molar-refractivity contribution in [3.8, 4) is 0 Å². The van der Waals surface area contributed by atoms with E-state index in [1.54, 1.807) is 0 Å².